The molecule has 0 spiro atoms. The summed E-state index contributed by atoms with van der Waals surface area (Å²) in [6.45, 7) is 6.50. The summed E-state index contributed by atoms with van der Waals surface area (Å²) in [6.07, 6.45) is 4.18. The fraction of sp³-hybridized carbons (Fsp3) is 0.643. The first-order valence-corrected chi connectivity index (χ1v) is 8.45. The normalized spacial score (nSPS) is 22.5. The number of nitrogens with one attached hydrogen (secondary N) is 2. The van der Waals surface area contributed by atoms with Crippen LogP contribution in [0.15, 0.2) is 11.4 Å². The molecule has 7 heteroatoms. The van der Waals surface area contributed by atoms with E-state index in [0.29, 0.717) is 5.75 Å². The first-order chi connectivity index (χ1) is 10.2. The monoisotopic (exact) mass is 307 g/mol. The number of hydrogen-bond acceptors (Lipinski definition) is 6. The molecule has 0 unspecified atom stereocenters. The van der Waals surface area contributed by atoms with Crippen LogP contribution in [0, 0.1) is 5.92 Å². The van der Waals surface area contributed by atoms with E-state index in [-0.39, 0.29) is 5.91 Å². The molecule has 21 heavy (non-hydrogen) atoms. The van der Waals surface area contributed by atoms with Crippen LogP contribution in [0.4, 0.5) is 11.5 Å². The lowest BCUT2D eigenvalue weighted by molar-refractivity contribution is -0.113. The average molecular weight is 307 g/mol. The van der Waals surface area contributed by atoms with Crippen LogP contribution < -0.4 is 10.6 Å². The van der Waals surface area contributed by atoms with Crippen molar-refractivity contribution in [3.8, 4) is 0 Å². The summed E-state index contributed by atoms with van der Waals surface area (Å²) in [5.74, 6) is 1.96. The number of aromatic nitrogens is 2. The molecule has 0 aliphatic carbocycles. The van der Waals surface area contributed by atoms with Gasteiger partial charge in [-0.15, -0.1) is 0 Å². The first kappa shape index (κ1) is 14.6. The van der Waals surface area contributed by atoms with Crippen molar-refractivity contribution >= 4 is 29.2 Å². The molecule has 2 N–H and O–H groups in total. The molecular weight excluding hydrogens is 286 g/mol. The maximum absolute atomic E-state index is 11.5. The number of likely N-dealkylation sites (tertiary alicyclic amines) is 1. The highest BCUT2D eigenvalue weighted by molar-refractivity contribution is 8.00. The molecule has 2 aliphatic rings. The van der Waals surface area contributed by atoms with Gasteiger partial charge in [0, 0.05) is 19.6 Å². The van der Waals surface area contributed by atoms with Crippen LogP contribution in [0.1, 0.15) is 19.8 Å². The Morgan fingerprint density at radius 1 is 1.52 bits per heavy atom. The molecule has 1 aromatic heterocycles. The fourth-order valence-corrected chi connectivity index (χ4v) is 3.61. The number of anilines is 2. The number of fused-ring (bicyclic) bond motifs is 1. The smallest absolute Gasteiger partial charge is 0.234 e. The van der Waals surface area contributed by atoms with Crippen molar-refractivity contribution in [3.63, 3.8) is 0 Å². The third kappa shape index (κ3) is 3.65. The Labute approximate surface area is 129 Å². The molecule has 0 bridgehead atoms. The van der Waals surface area contributed by atoms with Crippen molar-refractivity contribution < 1.29 is 4.79 Å². The lowest BCUT2D eigenvalue weighted by atomic mass is 10.0. The third-order valence-corrected chi connectivity index (χ3v) is 4.87. The molecular formula is C14H21N5OS. The predicted molar refractivity (Wildman–Crippen MR) is 84.7 cm³/mol. The number of hydrogen-bond donors (Lipinski definition) is 2. The van der Waals surface area contributed by atoms with Crippen molar-refractivity contribution in [2.24, 2.45) is 5.92 Å². The fourth-order valence-electron chi connectivity index (χ4n) is 2.86. The topological polar surface area (TPSA) is 70.2 Å². The van der Waals surface area contributed by atoms with Crippen molar-refractivity contribution in [1.29, 1.82) is 0 Å². The van der Waals surface area contributed by atoms with Crippen molar-refractivity contribution in [1.82, 2.24) is 14.9 Å². The van der Waals surface area contributed by atoms with Gasteiger partial charge in [-0.3, -0.25) is 4.79 Å². The van der Waals surface area contributed by atoms with Crippen molar-refractivity contribution in [3.05, 3.63) is 6.33 Å². The number of piperidine rings is 1. The first-order valence-electron chi connectivity index (χ1n) is 7.46. The van der Waals surface area contributed by atoms with Gasteiger partial charge in [0.25, 0.3) is 0 Å². The Balaban J connectivity index is 1.57. The van der Waals surface area contributed by atoms with E-state index in [0.717, 1.165) is 35.5 Å². The van der Waals surface area contributed by atoms with Gasteiger partial charge in [-0.1, -0.05) is 18.7 Å². The van der Waals surface area contributed by atoms with Gasteiger partial charge in [0.1, 0.15) is 17.0 Å². The SMILES string of the molecule is C[C@@H]1CCCN(CCNc2ncnc3c2NC(=O)CS3)C1. The molecule has 1 amide bonds. The van der Waals surface area contributed by atoms with Crippen LogP contribution in [0.5, 0.6) is 0 Å². The van der Waals surface area contributed by atoms with Gasteiger partial charge in [0.15, 0.2) is 5.82 Å². The lowest BCUT2D eigenvalue weighted by Gasteiger charge is -2.30. The highest BCUT2D eigenvalue weighted by Crippen LogP contribution is 2.33. The number of nitrogens with zero attached hydrogens (tertiary/aromatic N) is 3. The van der Waals surface area contributed by atoms with Crippen LogP contribution in [-0.4, -0.2) is 52.7 Å². The van der Waals surface area contributed by atoms with E-state index < -0.39 is 0 Å². The van der Waals surface area contributed by atoms with Crippen LogP contribution in [0.2, 0.25) is 0 Å². The van der Waals surface area contributed by atoms with E-state index in [2.05, 4.69) is 32.4 Å². The zero-order valence-electron chi connectivity index (χ0n) is 12.3. The van der Waals surface area contributed by atoms with Crippen LogP contribution in [-0.2, 0) is 4.79 Å². The predicted octanol–water partition coefficient (Wildman–Crippen LogP) is 1.66. The second-order valence-electron chi connectivity index (χ2n) is 5.71. The summed E-state index contributed by atoms with van der Waals surface area (Å²) < 4.78 is 0. The van der Waals surface area contributed by atoms with Gasteiger partial charge in [-0.2, -0.15) is 0 Å². The molecule has 1 fully saturated rings. The molecule has 6 nitrogen and oxygen atoms in total. The number of amides is 1. The van der Waals surface area contributed by atoms with E-state index in [4.69, 9.17) is 0 Å². The molecule has 3 heterocycles. The zero-order chi connectivity index (χ0) is 14.7. The van der Waals surface area contributed by atoms with Gasteiger partial charge in [-0.25, -0.2) is 9.97 Å². The van der Waals surface area contributed by atoms with Gasteiger partial charge in [0.2, 0.25) is 5.91 Å². The standard InChI is InChI=1S/C14H21N5OS/c1-10-3-2-5-19(7-10)6-4-15-13-12-14(17-9-16-13)21-8-11(20)18-12/h9-10H,2-8H2,1H3,(H,18,20)(H,15,16,17)/t10-/m1/s1. The van der Waals surface area contributed by atoms with E-state index in [1.807, 2.05) is 0 Å². The minimum Gasteiger partial charge on any atom is -0.367 e. The Hall–Kier alpha value is -1.34. The van der Waals surface area contributed by atoms with Gasteiger partial charge >= 0.3 is 0 Å². The number of thioether (sulfide) groups is 1. The largest absolute Gasteiger partial charge is 0.367 e. The summed E-state index contributed by atoms with van der Waals surface area (Å²) in [5.41, 5.74) is 0.728. The van der Waals surface area contributed by atoms with Crippen LogP contribution in [0.25, 0.3) is 0 Å². The summed E-state index contributed by atoms with van der Waals surface area (Å²) >= 11 is 1.46. The number of rotatable bonds is 4. The van der Waals surface area contributed by atoms with E-state index in [1.54, 1.807) is 6.33 Å². The summed E-state index contributed by atoms with van der Waals surface area (Å²) in [5, 5.41) is 7.04. The second kappa shape index (κ2) is 6.62. The minimum absolute atomic E-state index is 0.00945. The number of carbonyl (C=O) groups is 1. The van der Waals surface area contributed by atoms with Gasteiger partial charge < -0.3 is 15.5 Å². The Bertz CT molecular complexity index is 524. The van der Waals surface area contributed by atoms with E-state index in [9.17, 15) is 4.79 Å². The molecule has 3 rings (SSSR count). The van der Waals surface area contributed by atoms with Gasteiger partial charge in [0.05, 0.1) is 5.75 Å². The van der Waals surface area contributed by atoms with E-state index in [1.165, 1.54) is 37.7 Å². The summed E-state index contributed by atoms with van der Waals surface area (Å²) in [4.78, 5) is 22.5. The number of carbonyl (C=O) groups excluding carboxylic acids is 1. The zero-order valence-corrected chi connectivity index (χ0v) is 13.1. The lowest BCUT2D eigenvalue weighted by Crippen LogP contribution is -2.37. The minimum atomic E-state index is 0.00945. The molecule has 2 aliphatic heterocycles. The second-order valence-corrected chi connectivity index (χ2v) is 6.68. The van der Waals surface area contributed by atoms with Crippen LogP contribution in [0.3, 0.4) is 0 Å². The molecule has 1 aromatic rings. The van der Waals surface area contributed by atoms with Gasteiger partial charge in [-0.05, 0) is 25.3 Å². The average Bonchev–Trinajstić information content (AvgIpc) is 2.48. The molecule has 1 saturated heterocycles. The molecule has 0 aromatic carbocycles. The quantitative estimate of drug-likeness (QED) is 0.825. The van der Waals surface area contributed by atoms with Crippen LogP contribution >= 0.6 is 11.8 Å². The molecule has 0 saturated carbocycles. The maximum atomic E-state index is 11.5. The Kier molecular flexibility index (Phi) is 4.60. The molecule has 1 atom stereocenters. The summed E-state index contributed by atoms with van der Waals surface area (Å²) in [7, 11) is 0. The Morgan fingerprint density at radius 3 is 3.29 bits per heavy atom. The Morgan fingerprint density at radius 2 is 2.43 bits per heavy atom. The highest BCUT2D eigenvalue weighted by atomic mass is 32.2. The summed E-state index contributed by atoms with van der Waals surface area (Å²) in [6, 6.07) is 0. The van der Waals surface area contributed by atoms with Crippen molar-refractivity contribution in [2.45, 2.75) is 24.8 Å². The van der Waals surface area contributed by atoms with E-state index >= 15 is 0 Å². The van der Waals surface area contributed by atoms with Crippen molar-refractivity contribution in [2.75, 3.05) is 42.6 Å². The maximum Gasteiger partial charge on any atom is 0.234 e. The molecule has 0 radical (unpaired) electrons. The molecule has 114 valence electrons. The highest BCUT2D eigenvalue weighted by Gasteiger charge is 2.21. The third-order valence-electron chi connectivity index (χ3n) is 3.88.